The molecule has 0 radical (unpaired) electrons. The molecule has 4 amide bonds. The number of amides is 4. The zero-order chi connectivity index (χ0) is 23.4. The Morgan fingerprint density at radius 3 is 2.73 bits per heavy atom. The molecule has 1 aliphatic heterocycles. The van der Waals surface area contributed by atoms with Crippen LogP contribution < -0.4 is 25.8 Å². The van der Waals surface area contributed by atoms with Gasteiger partial charge in [-0.3, -0.25) is 9.59 Å². The van der Waals surface area contributed by atoms with Crippen LogP contribution in [0.1, 0.15) is 32.1 Å². The normalized spacial score (nSPS) is 20.6. The fourth-order valence-corrected chi connectivity index (χ4v) is 4.50. The third-order valence-corrected chi connectivity index (χ3v) is 6.22. The lowest BCUT2D eigenvalue weighted by Gasteiger charge is -2.22. The highest BCUT2D eigenvalue weighted by Gasteiger charge is 2.40. The SMILES string of the molecule is COc1ccc2c(O[C@@H]3CC(C(N)=O)N(C(=O)CNC(=O)NC4CCCC4)C3)nccc2c1. The maximum Gasteiger partial charge on any atom is 0.315 e. The van der Waals surface area contributed by atoms with Crippen molar-refractivity contribution in [2.24, 2.45) is 5.73 Å². The molecule has 1 aromatic carbocycles. The highest BCUT2D eigenvalue weighted by Crippen LogP contribution is 2.29. The molecule has 33 heavy (non-hydrogen) atoms. The van der Waals surface area contributed by atoms with E-state index in [9.17, 15) is 14.4 Å². The van der Waals surface area contributed by atoms with Crippen LogP contribution >= 0.6 is 0 Å². The molecule has 2 atom stereocenters. The van der Waals surface area contributed by atoms with E-state index in [4.69, 9.17) is 15.2 Å². The van der Waals surface area contributed by atoms with E-state index in [0.29, 0.717) is 5.88 Å². The predicted molar refractivity (Wildman–Crippen MR) is 121 cm³/mol. The molecule has 2 aromatic rings. The van der Waals surface area contributed by atoms with E-state index >= 15 is 0 Å². The van der Waals surface area contributed by atoms with E-state index in [-0.39, 0.29) is 37.5 Å². The van der Waals surface area contributed by atoms with Gasteiger partial charge in [0.1, 0.15) is 17.9 Å². The summed E-state index contributed by atoms with van der Waals surface area (Å²) in [5.74, 6) is 0.129. The maximum atomic E-state index is 12.8. The Balaban J connectivity index is 1.39. The monoisotopic (exact) mass is 455 g/mol. The van der Waals surface area contributed by atoms with Gasteiger partial charge in [-0.1, -0.05) is 12.8 Å². The molecule has 4 N–H and O–H groups in total. The minimum absolute atomic E-state index is 0.149. The van der Waals surface area contributed by atoms with Crippen molar-refractivity contribution in [2.45, 2.75) is 50.3 Å². The minimum Gasteiger partial charge on any atom is -0.497 e. The highest BCUT2D eigenvalue weighted by molar-refractivity contribution is 5.90. The van der Waals surface area contributed by atoms with Gasteiger partial charge in [0.15, 0.2) is 0 Å². The van der Waals surface area contributed by atoms with Crippen molar-refractivity contribution in [1.29, 1.82) is 0 Å². The molecule has 1 saturated heterocycles. The molecule has 2 fully saturated rings. The van der Waals surface area contributed by atoms with Gasteiger partial charge in [-0.05, 0) is 42.5 Å². The predicted octanol–water partition coefficient (Wildman–Crippen LogP) is 1.32. The van der Waals surface area contributed by atoms with Crippen LogP contribution in [0.2, 0.25) is 0 Å². The molecule has 2 heterocycles. The number of hydrogen-bond donors (Lipinski definition) is 3. The van der Waals surface area contributed by atoms with Gasteiger partial charge in [0.05, 0.1) is 20.2 Å². The first kappa shape index (κ1) is 22.6. The number of likely N-dealkylation sites (tertiary alicyclic amines) is 1. The third-order valence-electron chi connectivity index (χ3n) is 6.22. The summed E-state index contributed by atoms with van der Waals surface area (Å²) in [4.78, 5) is 42.6. The second-order valence-electron chi connectivity index (χ2n) is 8.45. The number of aromatic nitrogens is 1. The second kappa shape index (κ2) is 9.93. The molecule has 10 heteroatoms. The van der Waals surface area contributed by atoms with Crippen molar-refractivity contribution in [3.63, 3.8) is 0 Å². The zero-order valence-electron chi connectivity index (χ0n) is 18.6. The first-order valence-electron chi connectivity index (χ1n) is 11.2. The number of nitrogens with one attached hydrogen (secondary N) is 2. The van der Waals surface area contributed by atoms with Crippen molar-refractivity contribution < 1.29 is 23.9 Å². The van der Waals surface area contributed by atoms with Crippen molar-refractivity contribution in [1.82, 2.24) is 20.5 Å². The number of methoxy groups -OCH3 is 1. The number of pyridine rings is 1. The Kier molecular flexibility index (Phi) is 6.81. The van der Waals surface area contributed by atoms with Gasteiger partial charge in [0.2, 0.25) is 17.7 Å². The summed E-state index contributed by atoms with van der Waals surface area (Å²) in [5.41, 5.74) is 5.55. The fraction of sp³-hybridized carbons (Fsp3) is 0.478. The van der Waals surface area contributed by atoms with Crippen LogP contribution in [0.4, 0.5) is 4.79 Å². The first-order valence-corrected chi connectivity index (χ1v) is 11.2. The van der Waals surface area contributed by atoms with Crippen LogP contribution in [-0.4, -0.2) is 66.1 Å². The Hall–Kier alpha value is -3.56. The summed E-state index contributed by atoms with van der Waals surface area (Å²) in [6.07, 6.45) is 5.52. The van der Waals surface area contributed by atoms with E-state index in [1.807, 2.05) is 24.3 Å². The molecule has 1 unspecified atom stereocenters. The van der Waals surface area contributed by atoms with Gasteiger partial charge in [-0.2, -0.15) is 0 Å². The van der Waals surface area contributed by atoms with Gasteiger partial charge in [0, 0.05) is 24.0 Å². The van der Waals surface area contributed by atoms with Crippen LogP contribution in [-0.2, 0) is 9.59 Å². The number of fused-ring (bicyclic) bond motifs is 1. The van der Waals surface area contributed by atoms with Crippen LogP contribution in [0.3, 0.4) is 0 Å². The number of carbonyl (C=O) groups excluding carboxylic acids is 3. The number of primary amides is 1. The summed E-state index contributed by atoms with van der Waals surface area (Å²) in [7, 11) is 1.60. The topological polar surface area (TPSA) is 136 Å². The largest absolute Gasteiger partial charge is 0.497 e. The van der Waals surface area contributed by atoms with Gasteiger partial charge >= 0.3 is 6.03 Å². The molecular weight excluding hydrogens is 426 g/mol. The third kappa shape index (κ3) is 5.27. The average molecular weight is 456 g/mol. The summed E-state index contributed by atoms with van der Waals surface area (Å²) in [6, 6.07) is 6.36. The number of hydrogen-bond acceptors (Lipinski definition) is 6. The molecule has 10 nitrogen and oxygen atoms in total. The summed E-state index contributed by atoms with van der Waals surface area (Å²) < 4.78 is 11.3. The molecule has 1 saturated carbocycles. The van der Waals surface area contributed by atoms with Gasteiger partial charge in [-0.15, -0.1) is 0 Å². The Bertz CT molecular complexity index is 1040. The zero-order valence-corrected chi connectivity index (χ0v) is 18.6. The Morgan fingerprint density at radius 2 is 2.00 bits per heavy atom. The van der Waals surface area contributed by atoms with Crippen LogP contribution in [0.25, 0.3) is 10.8 Å². The number of carbonyl (C=O) groups is 3. The van der Waals surface area contributed by atoms with Crippen LogP contribution in [0.15, 0.2) is 30.5 Å². The van der Waals surface area contributed by atoms with E-state index in [2.05, 4.69) is 15.6 Å². The first-order chi connectivity index (χ1) is 15.9. The number of urea groups is 1. The summed E-state index contributed by atoms with van der Waals surface area (Å²) in [6.45, 7) is -0.0477. The molecule has 1 aliphatic carbocycles. The van der Waals surface area contributed by atoms with Crippen molar-refractivity contribution in [3.8, 4) is 11.6 Å². The summed E-state index contributed by atoms with van der Waals surface area (Å²) in [5, 5.41) is 7.15. The molecule has 2 aliphatic rings. The van der Waals surface area contributed by atoms with Gasteiger partial charge in [0.25, 0.3) is 0 Å². The Morgan fingerprint density at radius 1 is 1.21 bits per heavy atom. The molecular formula is C23H29N5O5. The van der Waals surface area contributed by atoms with E-state index in [1.165, 1.54) is 4.90 Å². The maximum absolute atomic E-state index is 12.8. The minimum atomic E-state index is -0.808. The molecule has 176 valence electrons. The van der Waals surface area contributed by atoms with Crippen molar-refractivity contribution in [2.75, 3.05) is 20.2 Å². The van der Waals surface area contributed by atoms with Gasteiger partial charge < -0.3 is 30.7 Å². The number of ether oxygens (including phenoxy) is 2. The summed E-state index contributed by atoms with van der Waals surface area (Å²) >= 11 is 0. The standard InChI is InChI=1S/C23H29N5O5/c1-32-16-6-7-18-14(10-16)8-9-25-22(18)33-17-11-19(21(24)30)28(13-17)20(29)12-26-23(31)27-15-4-2-3-5-15/h6-10,15,17,19H,2-5,11-13H2,1H3,(H2,24,30)(H2,26,27,31)/t17-,19?/m1/s1. The lowest BCUT2D eigenvalue weighted by atomic mass is 10.1. The number of nitrogens with two attached hydrogens (primary N) is 1. The van der Waals surface area contributed by atoms with Crippen LogP contribution in [0.5, 0.6) is 11.6 Å². The number of rotatable bonds is 7. The van der Waals surface area contributed by atoms with Crippen molar-refractivity contribution in [3.05, 3.63) is 30.5 Å². The van der Waals surface area contributed by atoms with Gasteiger partial charge in [-0.25, -0.2) is 9.78 Å². The quantitative estimate of drug-likeness (QED) is 0.576. The van der Waals surface area contributed by atoms with E-state index < -0.39 is 18.1 Å². The fourth-order valence-electron chi connectivity index (χ4n) is 4.50. The molecule has 4 rings (SSSR count). The lowest BCUT2D eigenvalue weighted by Crippen LogP contribution is -2.49. The van der Waals surface area contributed by atoms with Crippen LogP contribution in [0, 0.1) is 0 Å². The second-order valence-corrected chi connectivity index (χ2v) is 8.45. The van der Waals surface area contributed by atoms with Crippen molar-refractivity contribution >= 4 is 28.6 Å². The molecule has 1 aromatic heterocycles. The highest BCUT2D eigenvalue weighted by atomic mass is 16.5. The number of nitrogens with zero attached hydrogens (tertiary/aromatic N) is 2. The lowest BCUT2D eigenvalue weighted by molar-refractivity contribution is -0.136. The molecule has 0 bridgehead atoms. The molecule has 0 spiro atoms. The number of benzene rings is 1. The van der Waals surface area contributed by atoms with E-state index in [1.54, 1.807) is 13.3 Å². The smallest absolute Gasteiger partial charge is 0.315 e. The average Bonchev–Trinajstić information content (AvgIpc) is 3.47. The Labute approximate surface area is 191 Å². The van der Waals surface area contributed by atoms with E-state index in [0.717, 1.165) is 42.2 Å².